The number of imide groups is 1. The Kier molecular flexibility index (Phi) is 8.18. The second-order valence-electron chi connectivity index (χ2n) is 7.19. The first-order valence-corrected chi connectivity index (χ1v) is 12.6. The van der Waals surface area contributed by atoms with Crippen molar-refractivity contribution in [3.05, 3.63) is 97.3 Å². The quantitative estimate of drug-likeness (QED) is 0.166. The Morgan fingerprint density at radius 2 is 1.77 bits per heavy atom. The van der Waals surface area contributed by atoms with E-state index < -0.39 is 17.1 Å². The van der Waals surface area contributed by atoms with Crippen molar-refractivity contribution in [3.8, 4) is 11.5 Å². The van der Waals surface area contributed by atoms with Gasteiger partial charge in [0, 0.05) is 15.1 Å². The van der Waals surface area contributed by atoms with Crippen molar-refractivity contribution in [1.82, 2.24) is 4.90 Å². The number of amides is 2. The van der Waals surface area contributed by atoms with Gasteiger partial charge in [-0.3, -0.25) is 14.5 Å². The minimum Gasteiger partial charge on any atom is -0.492 e. The van der Waals surface area contributed by atoms with Gasteiger partial charge in [0.15, 0.2) is 0 Å². The molecule has 0 saturated carbocycles. The van der Waals surface area contributed by atoms with Crippen molar-refractivity contribution in [2.45, 2.75) is 0 Å². The first kappa shape index (κ1) is 25.3. The van der Waals surface area contributed by atoms with Crippen LogP contribution in [-0.4, -0.2) is 35.2 Å². The van der Waals surface area contributed by atoms with Gasteiger partial charge in [-0.25, -0.2) is 4.79 Å². The van der Waals surface area contributed by atoms with Gasteiger partial charge < -0.3 is 9.47 Å². The molecule has 1 heterocycles. The van der Waals surface area contributed by atoms with E-state index in [1.165, 1.54) is 6.08 Å². The molecule has 2 amide bonds. The van der Waals surface area contributed by atoms with Crippen LogP contribution in [-0.2, 0) is 4.79 Å². The van der Waals surface area contributed by atoms with Crippen LogP contribution in [0.5, 0.6) is 11.5 Å². The number of benzene rings is 3. The summed E-state index contributed by atoms with van der Waals surface area (Å²) in [6.07, 6.45) is 1.52. The third-order valence-corrected chi connectivity index (χ3v) is 6.81. The molecule has 1 aliphatic heterocycles. The van der Waals surface area contributed by atoms with Gasteiger partial charge in [0.1, 0.15) is 18.1 Å². The summed E-state index contributed by atoms with van der Waals surface area (Å²) in [5.74, 6) is -0.296. The van der Waals surface area contributed by atoms with E-state index in [0.29, 0.717) is 20.8 Å². The van der Waals surface area contributed by atoms with E-state index in [9.17, 15) is 14.4 Å². The zero-order valence-corrected chi connectivity index (χ0v) is 21.8. The highest BCUT2D eigenvalue weighted by Crippen LogP contribution is 2.35. The lowest BCUT2D eigenvalue weighted by Gasteiger charge is -2.13. The Bertz CT molecular complexity index is 1330. The van der Waals surface area contributed by atoms with Crippen molar-refractivity contribution < 1.29 is 23.9 Å². The summed E-state index contributed by atoms with van der Waals surface area (Å²) >= 11 is 16.1. The van der Waals surface area contributed by atoms with Gasteiger partial charge in [-0.2, -0.15) is 0 Å². The maximum Gasteiger partial charge on any atom is 0.345 e. The normalized spacial score (nSPS) is 14.5. The Balaban J connectivity index is 1.48. The van der Waals surface area contributed by atoms with Gasteiger partial charge in [0.25, 0.3) is 11.1 Å². The van der Waals surface area contributed by atoms with Crippen LogP contribution in [0, 0.1) is 0 Å². The van der Waals surface area contributed by atoms with Gasteiger partial charge >= 0.3 is 5.97 Å². The SMILES string of the molecule is O=C(Oc1ccc(Br)cc1/C=C1\SC(=O)N(CCOc2ccc(Cl)cc2)C1=O)c1ccccc1Cl. The van der Waals surface area contributed by atoms with Gasteiger partial charge in [-0.1, -0.05) is 51.3 Å². The average molecular weight is 593 g/mol. The van der Waals surface area contributed by atoms with Crippen LogP contribution in [0.3, 0.4) is 0 Å². The third-order valence-electron chi connectivity index (χ3n) is 4.83. The molecular weight excluding hydrogens is 577 g/mol. The second-order valence-corrected chi connectivity index (χ2v) is 9.94. The summed E-state index contributed by atoms with van der Waals surface area (Å²) in [6.45, 7) is 0.210. The zero-order chi connectivity index (χ0) is 24.9. The first-order chi connectivity index (χ1) is 16.8. The molecule has 0 bridgehead atoms. The third kappa shape index (κ3) is 6.27. The minimum absolute atomic E-state index is 0.0808. The molecule has 0 aliphatic carbocycles. The standard InChI is InChI=1S/C25H16BrCl2NO5S/c26-16-5-10-21(34-24(31)19-3-1-2-4-20(19)28)15(13-16)14-22-23(30)29(25(32)35-22)11-12-33-18-8-6-17(27)7-9-18/h1-10,13-14H,11-12H2/b22-14-. The Morgan fingerprint density at radius 1 is 1.03 bits per heavy atom. The molecule has 0 radical (unpaired) electrons. The summed E-state index contributed by atoms with van der Waals surface area (Å²) in [4.78, 5) is 39.3. The summed E-state index contributed by atoms with van der Waals surface area (Å²) in [5, 5.41) is 0.432. The minimum atomic E-state index is -0.639. The van der Waals surface area contributed by atoms with E-state index in [1.807, 2.05) is 0 Å². The number of rotatable bonds is 7. The van der Waals surface area contributed by atoms with Crippen LogP contribution >= 0.6 is 50.9 Å². The van der Waals surface area contributed by atoms with Crippen molar-refractivity contribution in [2.75, 3.05) is 13.2 Å². The van der Waals surface area contributed by atoms with Gasteiger partial charge in [0.2, 0.25) is 0 Å². The molecule has 3 aromatic carbocycles. The Morgan fingerprint density at radius 3 is 2.51 bits per heavy atom. The number of hydrogen-bond donors (Lipinski definition) is 0. The highest BCUT2D eigenvalue weighted by Gasteiger charge is 2.35. The van der Waals surface area contributed by atoms with Gasteiger partial charge in [0.05, 0.1) is 22.0 Å². The fourth-order valence-electron chi connectivity index (χ4n) is 3.13. The number of nitrogens with zero attached hydrogens (tertiary/aromatic N) is 1. The van der Waals surface area contributed by atoms with Crippen LogP contribution in [0.25, 0.3) is 6.08 Å². The first-order valence-electron chi connectivity index (χ1n) is 10.2. The number of thioether (sulfide) groups is 1. The maximum absolute atomic E-state index is 12.9. The van der Waals surface area contributed by atoms with Crippen molar-refractivity contribution in [2.24, 2.45) is 0 Å². The van der Waals surface area contributed by atoms with Gasteiger partial charge in [-0.05, 0) is 72.4 Å². The van der Waals surface area contributed by atoms with E-state index in [4.69, 9.17) is 32.7 Å². The van der Waals surface area contributed by atoms with E-state index in [1.54, 1.807) is 66.7 Å². The predicted molar refractivity (Wildman–Crippen MR) is 140 cm³/mol. The molecule has 0 spiro atoms. The van der Waals surface area contributed by atoms with Crippen molar-refractivity contribution in [1.29, 1.82) is 0 Å². The molecule has 1 fully saturated rings. The number of ether oxygens (including phenoxy) is 2. The van der Waals surface area contributed by atoms with E-state index in [0.717, 1.165) is 16.7 Å². The fraction of sp³-hybridized carbons (Fsp3) is 0.0800. The van der Waals surface area contributed by atoms with Crippen LogP contribution in [0.1, 0.15) is 15.9 Å². The number of carbonyl (C=O) groups excluding carboxylic acids is 3. The van der Waals surface area contributed by atoms with Crippen molar-refractivity contribution in [3.63, 3.8) is 0 Å². The van der Waals surface area contributed by atoms with Crippen LogP contribution in [0.2, 0.25) is 10.0 Å². The van der Waals surface area contributed by atoms with Crippen LogP contribution < -0.4 is 9.47 Å². The molecule has 0 unspecified atom stereocenters. The molecule has 1 saturated heterocycles. The summed E-state index contributed by atoms with van der Waals surface area (Å²) in [7, 11) is 0. The molecule has 10 heteroatoms. The maximum atomic E-state index is 12.9. The summed E-state index contributed by atoms with van der Waals surface area (Å²) in [6, 6.07) is 18.3. The number of carbonyl (C=O) groups is 3. The monoisotopic (exact) mass is 591 g/mol. The van der Waals surface area contributed by atoms with Gasteiger partial charge in [-0.15, -0.1) is 0 Å². The van der Waals surface area contributed by atoms with Crippen LogP contribution in [0.15, 0.2) is 76.1 Å². The molecule has 3 aromatic rings. The summed E-state index contributed by atoms with van der Waals surface area (Å²) < 4.78 is 11.9. The molecule has 35 heavy (non-hydrogen) atoms. The number of esters is 1. The molecule has 0 N–H and O–H groups in total. The Hall–Kier alpha value is -2.78. The molecule has 4 rings (SSSR count). The lowest BCUT2D eigenvalue weighted by molar-refractivity contribution is -0.123. The highest BCUT2D eigenvalue weighted by molar-refractivity contribution is 9.10. The molecule has 0 atom stereocenters. The predicted octanol–water partition coefficient (Wildman–Crippen LogP) is 7.09. The van der Waals surface area contributed by atoms with E-state index in [2.05, 4.69) is 15.9 Å². The largest absolute Gasteiger partial charge is 0.492 e. The molecule has 1 aliphatic rings. The lowest BCUT2D eigenvalue weighted by atomic mass is 10.1. The Labute approximate surface area is 223 Å². The smallest absolute Gasteiger partial charge is 0.345 e. The number of hydrogen-bond acceptors (Lipinski definition) is 6. The summed E-state index contributed by atoms with van der Waals surface area (Å²) in [5.41, 5.74) is 0.659. The second kappa shape index (κ2) is 11.3. The molecular formula is C25H16BrCl2NO5S. The average Bonchev–Trinajstić information content (AvgIpc) is 3.09. The lowest BCUT2D eigenvalue weighted by Crippen LogP contribution is -2.32. The topological polar surface area (TPSA) is 72.9 Å². The van der Waals surface area contributed by atoms with E-state index >= 15 is 0 Å². The highest BCUT2D eigenvalue weighted by atomic mass is 79.9. The van der Waals surface area contributed by atoms with Crippen molar-refractivity contribution >= 4 is 74.1 Å². The van der Waals surface area contributed by atoms with E-state index in [-0.39, 0.29) is 34.4 Å². The molecule has 178 valence electrons. The fourth-order valence-corrected chi connectivity index (χ4v) is 4.70. The zero-order valence-electron chi connectivity index (χ0n) is 17.9. The molecule has 6 nitrogen and oxygen atoms in total. The molecule has 0 aromatic heterocycles. The van der Waals surface area contributed by atoms with Crippen LogP contribution in [0.4, 0.5) is 4.79 Å². The number of halogens is 3.